The molecule has 17 heavy (non-hydrogen) atoms. The van der Waals surface area contributed by atoms with E-state index in [-0.39, 0.29) is 18.3 Å². The van der Waals surface area contributed by atoms with Gasteiger partial charge in [-0.1, -0.05) is 17.7 Å². The fraction of sp³-hybridized carbons (Fsp3) is 0.538. The van der Waals surface area contributed by atoms with Gasteiger partial charge in [-0.25, -0.2) is 4.39 Å². The van der Waals surface area contributed by atoms with Gasteiger partial charge < -0.3 is 9.84 Å². The fourth-order valence-corrected chi connectivity index (χ4v) is 2.27. The highest BCUT2D eigenvalue weighted by molar-refractivity contribution is 6.30. The van der Waals surface area contributed by atoms with E-state index in [2.05, 4.69) is 0 Å². The van der Waals surface area contributed by atoms with Crippen LogP contribution in [0.5, 0.6) is 0 Å². The molecule has 0 aliphatic carbocycles. The van der Waals surface area contributed by atoms with Crippen LogP contribution in [0.3, 0.4) is 0 Å². The molecule has 1 N–H and O–H groups in total. The summed E-state index contributed by atoms with van der Waals surface area (Å²) >= 11 is 5.67. The highest BCUT2D eigenvalue weighted by Gasteiger charge is 2.23. The highest BCUT2D eigenvalue weighted by atomic mass is 35.5. The van der Waals surface area contributed by atoms with E-state index in [1.807, 2.05) is 0 Å². The van der Waals surface area contributed by atoms with Crippen molar-refractivity contribution in [1.82, 2.24) is 0 Å². The summed E-state index contributed by atoms with van der Waals surface area (Å²) in [6.45, 7) is 0.685. The Morgan fingerprint density at radius 3 is 2.94 bits per heavy atom. The molecule has 1 saturated heterocycles. The first-order chi connectivity index (χ1) is 8.16. The summed E-state index contributed by atoms with van der Waals surface area (Å²) in [6, 6.07) is 4.52. The molecule has 1 aromatic carbocycles. The number of hydrogen-bond donors (Lipinski definition) is 1. The van der Waals surface area contributed by atoms with E-state index in [1.165, 1.54) is 6.07 Å². The smallest absolute Gasteiger partial charge is 0.127 e. The first-order valence-electron chi connectivity index (χ1n) is 5.90. The standard InChI is InChI=1S/C13H16ClFO2/c14-10-5-4-9(11(15)8-10)7-12(16)13-3-1-2-6-17-13/h4-5,8,12-13,16H,1-3,6-7H2. The normalized spacial score (nSPS) is 22.4. The van der Waals surface area contributed by atoms with Gasteiger partial charge in [-0.2, -0.15) is 0 Å². The molecule has 1 aliphatic heterocycles. The second kappa shape index (κ2) is 5.80. The Morgan fingerprint density at radius 2 is 2.29 bits per heavy atom. The zero-order chi connectivity index (χ0) is 12.3. The molecule has 0 aromatic heterocycles. The van der Waals surface area contributed by atoms with Gasteiger partial charge in [0.1, 0.15) is 5.82 Å². The Balaban J connectivity index is 1.99. The molecule has 1 aromatic rings. The van der Waals surface area contributed by atoms with Gasteiger partial charge in [-0.05, 0) is 37.0 Å². The first kappa shape index (κ1) is 12.8. The lowest BCUT2D eigenvalue weighted by molar-refractivity contribution is -0.0613. The Bertz CT molecular complexity index is 378. The SMILES string of the molecule is OC(Cc1ccc(Cl)cc1F)C1CCCCO1. The van der Waals surface area contributed by atoms with Crippen LogP contribution in [0.4, 0.5) is 4.39 Å². The van der Waals surface area contributed by atoms with Crippen molar-refractivity contribution >= 4 is 11.6 Å². The van der Waals surface area contributed by atoms with Gasteiger partial charge in [0.05, 0.1) is 12.2 Å². The number of benzene rings is 1. The molecule has 2 rings (SSSR count). The van der Waals surface area contributed by atoms with Gasteiger partial charge in [0.15, 0.2) is 0 Å². The molecule has 1 fully saturated rings. The van der Waals surface area contributed by atoms with Crippen molar-refractivity contribution in [3.8, 4) is 0 Å². The van der Waals surface area contributed by atoms with Crippen molar-refractivity contribution in [3.05, 3.63) is 34.6 Å². The largest absolute Gasteiger partial charge is 0.390 e. The van der Waals surface area contributed by atoms with Gasteiger partial charge in [-0.3, -0.25) is 0 Å². The molecule has 94 valence electrons. The predicted molar refractivity (Wildman–Crippen MR) is 64.7 cm³/mol. The van der Waals surface area contributed by atoms with E-state index in [1.54, 1.807) is 12.1 Å². The average molecular weight is 259 g/mol. The van der Waals surface area contributed by atoms with E-state index >= 15 is 0 Å². The van der Waals surface area contributed by atoms with E-state index in [4.69, 9.17) is 16.3 Å². The molecule has 2 unspecified atom stereocenters. The van der Waals surface area contributed by atoms with Crippen LogP contribution in [-0.4, -0.2) is 23.9 Å². The molecular weight excluding hydrogens is 243 g/mol. The summed E-state index contributed by atoms with van der Waals surface area (Å²) in [6.07, 6.45) is 2.40. The monoisotopic (exact) mass is 258 g/mol. The minimum absolute atomic E-state index is 0.168. The van der Waals surface area contributed by atoms with E-state index in [9.17, 15) is 9.50 Å². The Kier molecular flexibility index (Phi) is 4.37. The Morgan fingerprint density at radius 1 is 1.47 bits per heavy atom. The number of halogens is 2. The number of aliphatic hydroxyl groups is 1. The van der Waals surface area contributed by atoms with Gasteiger partial charge in [0.2, 0.25) is 0 Å². The molecular formula is C13H16ClFO2. The van der Waals surface area contributed by atoms with E-state index in [0.717, 1.165) is 19.3 Å². The third-order valence-corrected chi connectivity index (χ3v) is 3.32. The quantitative estimate of drug-likeness (QED) is 0.903. The lowest BCUT2D eigenvalue weighted by Gasteiger charge is -2.27. The number of hydrogen-bond acceptors (Lipinski definition) is 2. The van der Waals surface area contributed by atoms with Crippen LogP contribution in [0.1, 0.15) is 24.8 Å². The Hall–Kier alpha value is -0.640. The summed E-state index contributed by atoms with van der Waals surface area (Å²) < 4.78 is 19.0. The van der Waals surface area contributed by atoms with Crippen molar-refractivity contribution in [2.75, 3.05) is 6.61 Å². The van der Waals surface area contributed by atoms with Gasteiger partial charge in [-0.15, -0.1) is 0 Å². The van der Waals surface area contributed by atoms with Crippen molar-refractivity contribution in [3.63, 3.8) is 0 Å². The first-order valence-corrected chi connectivity index (χ1v) is 6.28. The highest BCUT2D eigenvalue weighted by Crippen LogP contribution is 2.21. The zero-order valence-electron chi connectivity index (χ0n) is 9.53. The summed E-state index contributed by atoms with van der Waals surface area (Å²) in [5.74, 6) is -0.368. The van der Waals surface area contributed by atoms with Crippen molar-refractivity contribution in [2.45, 2.75) is 37.9 Å². The summed E-state index contributed by atoms with van der Waals surface area (Å²) in [7, 11) is 0. The third kappa shape index (κ3) is 3.41. The van der Waals surface area contributed by atoms with Crippen LogP contribution in [0.25, 0.3) is 0 Å². The number of aliphatic hydroxyl groups excluding tert-OH is 1. The maximum Gasteiger partial charge on any atom is 0.127 e. The van der Waals surface area contributed by atoms with Crippen LogP contribution < -0.4 is 0 Å². The fourth-order valence-electron chi connectivity index (χ4n) is 2.11. The molecule has 1 heterocycles. The van der Waals surface area contributed by atoms with Crippen molar-refractivity contribution < 1.29 is 14.2 Å². The minimum Gasteiger partial charge on any atom is -0.390 e. The summed E-state index contributed by atoms with van der Waals surface area (Å²) in [5, 5.41) is 10.4. The second-order valence-electron chi connectivity index (χ2n) is 4.41. The molecule has 0 radical (unpaired) electrons. The van der Waals surface area contributed by atoms with Gasteiger partial charge >= 0.3 is 0 Å². The second-order valence-corrected chi connectivity index (χ2v) is 4.85. The molecule has 0 spiro atoms. The molecule has 1 aliphatic rings. The Labute approximate surface area is 105 Å². The van der Waals surface area contributed by atoms with Gasteiger partial charge in [0, 0.05) is 18.1 Å². The lowest BCUT2D eigenvalue weighted by Crippen LogP contribution is -2.33. The molecule has 2 nitrogen and oxygen atoms in total. The summed E-state index contributed by atoms with van der Waals surface area (Å²) in [5.41, 5.74) is 0.482. The number of ether oxygens (including phenoxy) is 1. The molecule has 0 saturated carbocycles. The lowest BCUT2D eigenvalue weighted by atomic mass is 9.98. The zero-order valence-corrected chi connectivity index (χ0v) is 10.3. The van der Waals surface area contributed by atoms with Crippen LogP contribution in [0.15, 0.2) is 18.2 Å². The van der Waals surface area contributed by atoms with Crippen LogP contribution in [0, 0.1) is 5.82 Å². The maximum absolute atomic E-state index is 13.5. The molecule has 0 bridgehead atoms. The topological polar surface area (TPSA) is 29.5 Å². The number of rotatable bonds is 3. The van der Waals surface area contributed by atoms with Crippen molar-refractivity contribution in [1.29, 1.82) is 0 Å². The van der Waals surface area contributed by atoms with Crippen LogP contribution in [0.2, 0.25) is 5.02 Å². The van der Waals surface area contributed by atoms with E-state index < -0.39 is 6.10 Å². The maximum atomic E-state index is 13.5. The molecule has 0 amide bonds. The molecule has 4 heteroatoms. The van der Waals surface area contributed by atoms with Crippen molar-refractivity contribution in [2.24, 2.45) is 0 Å². The van der Waals surface area contributed by atoms with Gasteiger partial charge in [0.25, 0.3) is 0 Å². The average Bonchev–Trinajstić information content (AvgIpc) is 2.34. The molecule has 2 atom stereocenters. The third-order valence-electron chi connectivity index (χ3n) is 3.09. The van der Waals surface area contributed by atoms with Crippen LogP contribution in [-0.2, 0) is 11.2 Å². The van der Waals surface area contributed by atoms with E-state index in [0.29, 0.717) is 17.2 Å². The van der Waals surface area contributed by atoms with Crippen LogP contribution >= 0.6 is 11.6 Å². The summed E-state index contributed by atoms with van der Waals surface area (Å²) in [4.78, 5) is 0. The predicted octanol–water partition coefficient (Wildman–Crippen LogP) is 2.95. The minimum atomic E-state index is -0.647.